The summed E-state index contributed by atoms with van der Waals surface area (Å²) in [6.07, 6.45) is 0.566. The van der Waals surface area contributed by atoms with Crippen LogP contribution >= 0.6 is 0 Å². The van der Waals surface area contributed by atoms with Crippen LogP contribution in [0, 0.1) is 0 Å². The van der Waals surface area contributed by atoms with E-state index in [1.165, 1.54) is 0 Å². The van der Waals surface area contributed by atoms with Crippen molar-refractivity contribution in [3.8, 4) is 5.75 Å². The Morgan fingerprint density at radius 2 is 2.12 bits per heavy atom. The zero-order chi connectivity index (χ0) is 12.3. The second kappa shape index (κ2) is 4.65. The molecule has 0 aliphatic carbocycles. The molecule has 0 aromatic heterocycles. The van der Waals surface area contributed by atoms with Gasteiger partial charge in [-0.05, 0) is 12.1 Å². The molecule has 0 saturated heterocycles. The van der Waals surface area contributed by atoms with Gasteiger partial charge in [-0.15, -0.1) is 0 Å². The van der Waals surface area contributed by atoms with Crippen molar-refractivity contribution < 1.29 is 14.3 Å². The maximum absolute atomic E-state index is 11.0. The fourth-order valence-electron chi connectivity index (χ4n) is 1.51. The van der Waals surface area contributed by atoms with Crippen LogP contribution in [0.15, 0.2) is 29.4 Å². The summed E-state index contributed by atoms with van der Waals surface area (Å²) in [6.45, 7) is 0.488. The molecule has 1 heterocycles. The molecule has 0 fully saturated rings. The number of fused-ring (bicyclic) bond motifs is 1. The van der Waals surface area contributed by atoms with Crippen molar-refractivity contribution in [3.63, 3.8) is 0 Å². The monoisotopic (exact) mass is 233 g/mol. The molecule has 6 nitrogen and oxygen atoms in total. The summed E-state index contributed by atoms with van der Waals surface area (Å²) < 4.78 is 5.42. The van der Waals surface area contributed by atoms with Crippen LogP contribution in [0.1, 0.15) is 12.0 Å². The van der Waals surface area contributed by atoms with Gasteiger partial charge in [0.25, 0.3) is 0 Å². The van der Waals surface area contributed by atoms with Crippen molar-refractivity contribution in [2.75, 3.05) is 6.61 Å². The molecule has 2 rings (SSSR count). The van der Waals surface area contributed by atoms with Gasteiger partial charge in [0.1, 0.15) is 5.75 Å². The molecule has 17 heavy (non-hydrogen) atoms. The van der Waals surface area contributed by atoms with E-state index >= 15 is 0 Å². The van der Waals surface area contributed by atoms with E-state index in [1.54, 1.807) is 0 Å². The summed E-state index contributed by atoms with van der Waals surface area (Å²) in [5.41, 5.74) is 8.39. The topological polar surface area (TPSA) is 93.8 Å². The molecule has 0 saturated carbocycles. The lowest BCUT2D eigenvalue weighted by atomic mass is 10.0. The van der Waals surface area contributed by atoms with Gasteiger partial charge in [0.15, 0.2) is 0 Å². The second-order valence-electron chi connectivity index (χ2n) is 3.46. The van der Waals surface area contributed by atoms with Crippen molar-refractivity contribution in [1.82, 2.24) is 5.43 Å². The van der Waals surface area contributed by atoms with E-state index in [2.05, 4.69) is 10.5 Å². The highest BCUT2D eigenvalue weighted by Gasteiger charge is 2.16. The van der Waals surface area contributed by atoms with Crippen LogP contribution in [0.3, 0.4) is 0 Å². The van der Waals surface area contributed by atoms with E-state index in [1.807, 2.05) is 24.3 Å². The molecule has 2 amide bonds. The number of carbonyl (C=O) groups excluding carboxylic acids is 2. The lowest BCUT2D eigenvalue weighted by molar-refractivity contribution is -0.137. The Hall–Kier alpha value is -2.37. The first-order valence-electron chi connectivity index (χ1n) is 5.07. The van der Waals surface area contributed by atoms with E-state index < -0.39 is 11.8 Å². The number of carbonyl (C=O) groups is 2. The zero-order valence-electron chi connectivity index (χ0n) is 8.97. The number of hydrogen-bond donors (Lipinski definition) is 2. The fraction of sp³-hybridized carbons (Fsp3) is 0.182. The minimum absolute atomic E-state index is 0.488. The predicted octanol–water partition coefficient (Wildman–Crippen LogP) is -0.225. The molecule has 0 atom stereocenters. The molecule has 0 unspecified atom stereocenters. The van der Waals surface area contributed by atoms with Gasteiger partial charge in [0.2, 0.25) is 0 Å². The third kappa shape index (κ3) is 2.41. The SMILES string of the molecule is NC(=O)C(=O)N/N=C1/CCOc2ccccc21. The molecular weight excluding hydrogens is 222 g/mol. The predicted molar refractivity (Wildman–Crippen MR) is 60.4 cm³/mol. The Balaban J connectivity index is 2.21. The second-order valence-corrected chi connectivity index (χ2v) is 3.46. The van der Waals surface area contributed by atoms with Crippen molar-refractivity contribution in [3.05, 3.63) is 29.8 Å². The summed E-state index contributed by atoms with van der Waals surface area (Å²) in [6, 6.07) is 7.35. The largest absolute Gasteiger partial charge is 0.492 e. The maximum Gasteiger partial charge on any atom is 0.329 e. The molecule has 0 bridgehead atoms. The number of para-hydroxylation sites is 1. The highest BCUT2D eigenvalue weighted by molar-refractivity contribution is 6.34. The van der Waals surface area contributed by atoms with Crippen LogP contribution in [-0.2, 0) is 9.59 Å². The quantitative estimate of drug-likeness (QED) is 0.518. The average molecular weight is 233 g/mol. The number of nitrogens with one attached hydrogen (secondary N) is 1. The molecule has 1 aromatic carbocycles. The normalized spacial score (nSPS) is 15.9. The molecule has 88 valence electrons. The van der Waals surface area contributed by atoms with E-state index in [0.717, 1.165) is 5.56 Å². The summed E-state index contributed by atoms with van der Waals surface area (Å²) in [4.78, 5) is 21.5. The van der Waals surface area contributed by atoms with Crippen LogP contribution in [0.2, 0.25) is 0 Å². The Kier molecular flexibility index (Phi) is 3.04. The van der Waals surface area contributed by atoms with E-state index in [-0.39, 0.29) is 0 Å². The van der Waals surface area contributed by atoms with Gasteiger partial charge >= 0.3 is 11.8 Å². The van der Waals surface area contributed by atoms with E-state index in [9.17, 15) is 9.59 Å². The number of benzene rings is 1. The van der Waals surface area contributed by atoms with Gasteiger partial charge in [0.05, 0.1) is 12.3 Å². The van der Waals surface area contributed by atoms with Crippen LogP contribution in [-0.4, -0.2) is 24.1 Å². The Bertz CT molecular complexity index is 496. The molecule has 6 heteroatoms. The lowest BCUT2D eigenvalue weighted by Crippen LogP contribution is -2.34. The number of nitrogens with two attached hydrogens (primary N) is 1. The Labute approximate surface area is 97.4 Å². The summed E-state index contributed by atoms with van der Waals surface area (Å²) in [7, 11) is 0. The van der Waals surface area contributed by atoms with Crippen molar-refractivity contribution in [2.45, 2.75) is 6.42 Å². The Morgan fingerprint density at radius 1 is 1.35 bits per heavy atom. The molecule has 1 aliphatic heterocycles. The highest BCUT2D eigenvalue weighted by atomic mass is 16.5. The van der Waals surface area contributed by atoms with Gasteiger partial charge in [-0.25, -0.2) is 5.43 Å². The number of ether oxygens (including phenoxy) is 1. The first kappa shape index (κ1) is 11.1. The zero-order valence-corrected chi connectivity index (χ0v) is 8.97. The van der Waals surface area contributed by atoms with Crippen molar-refractivity contribution >= 4 is 17.5 Å². The number of hydrogen-bond acceptors (Lipinski definition) is 4. The molecular formula is C11H11N3O3. The van der Waals surface area contributed by atoms with E-state index in [0.29, 0.717) is 24.5 Å². The smallest absolute Gasteiger partial charge is 0.329 e. The highest BCUT2D eigenvalue weighted by Crippen LogP contribution is 2.23. The maximum atomic E-state index is 11.0. The van der Waals surface area contributed by atoms with Gasteiger partial charge in [-0.2, -0.15) is 5.10 Å². The standard InChI is InChI=1S/C11H11N3O3/c12-10(15)11(16)14-13-8-5-6-17-9-4-2-1-3-7(8)9/h1-4H,5-6H2,(H2,12,15)(H,14,16)/b13-8-. The summed E-state index contributed by atoms with van der Waals surface area (Å²) in [5, 5.41) is 3.88. The number of rotatable bonds is 1. The van der Waals surface area contributed by atoms with Crippen molar-refractivity contribution in [2.24, 2.45) is 10.8 Å². The summed E-state index contributed by atoms with van der Waals surface area (Å²) in [5.74, 6) is -1.28. The molecule has 0 radical (unpaired) electrons. The number of hydrazone groups is 1. The first-order valence-corrected chi connectivity index (χ1v) is 5.07. The number of nitrogens with zero attached hydrogens (tertiary/aromatic N) is 1. The fourth-order valence-corrected chi connectivity index (χ4v) is 1.51. The molecule has 0 spiro atoms. The third-order valence-electron chi connectivity index (χ3n) is 2.31. The average Bonchev–Trinajstić information content (AvgIpc) is 2.35. The van der Waals surface area contributed by atoms with Crippen molar-refractivity contribution in [1.29, 1.82) is 0 Å². The summed E-state index contributed by atoms with van der Waals surface area (Å²) >= 11 is 0. The van der Waals surface area contributed by atoms with Crippen LogP contribution in [0.5, 0.6) is 5.75 Å². The van der Waals surface area contributed by atoms with Crippen LogP contribution in [0.4, 0.5) is 0 Å². The third-order valence-corrected chi connectivity index (χ3v) is 2.31. The molecule has 3 N–H and O–H groups in total. The molecule has 1 aliphatic rings. The van der Waals surface area contributed by atoms with Crippen LogP contribution < -0.4 is 15.9 Å². The van der Waals surface area contributed by atoms with Crippen LogP contribution in [0.25, 0.3) is 0 Å². The van der Waals surface area contributed by atoms with Gasteiger partial charge < -0.3 is 10.5 Å². The lowest BCUT2D eigenvalue weighted by Gasteiger charge is -2.18. The van der Waals surface area contributed by atoms with Gasteiger partial charge in [-0.1, -0.05) is 12.1 Å². The van der Waals surface area contributed by atoms with Gasteiger partial charge in [0, 0.05) is 12.0 Å². The Morgan fingerprint density at radius 3 is 2.88 bits per heavy atom. The van der Waals surface area contributed by atoms with Gasteiger partial charge in [-0.3, -0.25) is 9.59 Å². The number of amides is 2. The minimum atomic E-state index is -1.06. The first-order chi connectivity index (χ1) is 8.18. The number of primary amides is 1. The van der Waals surface area contributed by atoms with E-state index in [4.69, 9.17) is 10.5 Å². The molecule has 1 aromatic rings. The minimum Gasteiger partial charge on any atom is -0.492 e.